The fraction of sp³-hybridized carbons (Fsp3) is 0.400. The van der Waals surface area contributed by atoms with Gasteiger partial charge in [-0.1, -0.05) is 0 Å². The maximum absolute atomic E-state index is 12.8. The molecule has 2 rings (SSSR count). The van der Waals surface area contributed by atoms with Gasteiger partial charge in [0.1, 0.15) is 0 Å². The quantitative estimate of drug-likeness (QED) is 0.812. The van der Waals surface area contributed by atoms with Crippen LogP contribution in [0.2, 0.25) is 0 Å². The molecule has 0 saturated carbocycles. The van der Waals surface area contributed by atoms with Gasteiger partial charge in [-0.15, -0.1) is 0 Å². The standard InChI is InChI=1S/C10H10F4N6O/c1-15-7-17-8(20-4-2-3-16-20)19-9(18-7)21-5-10(13,14)6(11)12/h2-4,6H,5H2,1H3,(H,15,17,18,19). The zero-order chi connectivity index (χ0) is 15.5. The van der Waals surface area contributed by atoms with Crippen LogP contribution >= 0.6 is 0 Å². The largest absolute Gasteiger partial charge is 0.457 e. The van der Waals surface area contributed by atoms with E-state index in [0.29, 0.717) is 0 Å². The number of hydrogen-bond acceptors (Lipinski definition) is 6. The van der Waals surface area contributed by atoms with Crippen molar-refractivity contribution in [2.45, 2.75) is 12.3 Å². The Morgan fingerprint density at radius 2 is 2.10 bits per heavy atom. The molecule has 2 heterocycles. The Morgan fingerprint density at radius 3 is 2.67 bits per heavy atom. The van der Waals surface area contributed by atoms with Crippen molar-refractivity contribution in [2.24, 2.45) is 0 Å². The van der Waals surface area contributed by atoms with Gasteiger partial charge in [-0.3, -0.25) is 0 Å². The van der Waals surface area contributed by atoms with Crippen LogP contribution in [-0.4, -0.2) is 50.7 Å². The highest BCUT2D eigenvalue weighted by Crippen LogP contribution is 2.23. The van der Waals surface area contributed by atoms with E-state index in [0.717, 1.165) is 0 Å². The van der Waals surface area contributed by atoms with E-state index < -0.39 is 25.0 Å². The number of ether oxygens (including phenoxy) is 1. The normalized spacial score (nSPS) is 11.7. The summed E-state index contributed by atoms with van der Waals surface area (Å²) in [7, 11) is 1.49. The number of alkyl halides is 4. The summed E-state index contributed by atoms with van der Waals surface area (Å²) in [4.78, 5) is 11.3. The highest BCUT2D eigenvalue weighted by Gasteiger charge is 2.42. The minimum Gasteiger partial charge on any atom is -0.457 e. The molecule has 0 bridgehead atoms. The number of aromatic nitrogens is 5. The first kappa shape index (κ1) is 14.9. The molecule has 0 spiro atoms. The molecule has 0 fully saturated rings. The lowest BCUT2D eigenvalue weighted by Crippen LogP contribution is -2.34. The topological polar surface area (TPSA) is 77.8 Å². The van der Waals surface area contributed by atoms with Gasteiger partial charge in [0.25, 0.3) is 5.95 Å². The molecule has 0 radical (unpaired) electrons. The van der Waals surface area contributed by atoms with Crippen LogP contribution in [0, 0.1) is 0 Å². The molecule has 11 heteroatoms. The monoisotopic (exact) mass is 306 g/mol. The number of anilines is 1. The Hall–Kier alpha value is -2.46. The van der Waals surface area contributed by atoms with Crippen LogP contribution in [0.3, 0.4) is 0 Å². The molecule has 0 unspecified atom stereocenters. The van der Waals surface area contributed by atoms with Crippen LogP contribution in [0.1, 0.15) is 0 Å². The molecule has 2 aromatic heterocycles. The van der Waals surface area contributed by atoms with Crippen LogP contribution in [-0.2, 0) is 0 Å². The molecule has 0 saturated heterocycles. The van der Waals surface area contributed by atoms with Gasteiger partial charge < -0.3 is 10.1 Å². The fourth-order valence-electron chi connectivity index (χ4n) is 1.24. The first-order valence-corrected chi connectivity index (χ1v) is 5.65. The average Bonchev–Trinajstić information content (AvgIpc) is 2.99. The molecular weight excluding hydrogens is 296 g/mol. The number of nitrogens with zero attached hydrogens (tertiary/aromatic N) is 5. The smallest absolute Gasteiger partial charge is 0.340 e. The second kappa shape index (κ2) is 5.89. The average molecular weight is 306 g/mol. The predicted octanol–water partition coefficient (Wildman–Crippen LogP) is 1.38. The molecule has 0 aliphatic carbocycles. The Bertz CT molecular complexity index is 591. The molecule has 2 aromatic rings. The summed E-state index contributed by atoms with van der Waals surface area (Å²) in [5.74, 6) is -4.28. The summed E-state index contributed by atoms with van der Waals surface area (Å²) in [5, 5.41) is 6.42. The van der Waals surface area contributed by atoms with E-state index in [9.17, 15) is 17.6 Å². The van der Waals surface area contributed by atoms with Gasteiger partial charge in [0, 0.05) is 19.4 Å². The van der Waals surface area contributed by atoms with Crippen molar-refractivity contribution >= 4 is 5.95 Å². The Labute approximate surface area is 116 Å². The van der Waals surface area contributed by atoms with Gasteiger partial charge in [0.05, 0.1) is 0 Å². The van der Waals surface area contributed by atoms with Crippen LogP contribution in [0.5, 0.6) is 6.01 Å². The van der Waals surface area contributed by atoms with Crippen LogP contribution in [0.25, 0.3) is 5.95 Å². The molecule has 0 atom stereocenters. The second-order valence-corrected chi connectivity index (χ2v) is 3.79. The van der Waals surface area contributed by atoms with Crippen LogP contribution in [0.4, 0.5) is 23.5 Å². The van der Waals surface area contributed by atoms with Gasteiger partial charge >= 0.3 is 18.4 Å². The van der Waals surface area contributed by atoms with Crippen molar-refractivity contribution in [1.29, 1.82) is 0 Å². The van der Waals surface area contributed by atoms with Crippen molar-refractivity contribution in [3.05, 3.63) is 18.5 Å². The third-order valence-electron chi connectivity index (χ3n) is 2.25. The minimum absolute atomic E-state index is 0.00490. The first-order chi connectivity index (χ1) is 9.92. The maximum atomic E-state index is 12.8. The molecule has 0 aliphatic rings. The van der Waals surface area contributed by atoms with E-state index in [1.54, 1.807) is 6.07 Å². The Kier molecular flexibility index (Phi) is 4.19. The summed E-state index contributed by atoms with van der Waals surface area (Å²) < 4.78 is 55.5. The van der Waals surface area contributed by atoms with Crippen LogP contribution < -0.4 is 10.1 Å². The van der Waals surface area contributed by atoms with Gasteiger partial charge in [-0.05, 0) is 6.07 Å². The Morgan fingerprint density at radius 1 is 1.33 bits per heavy atom. The third kappa shape index (κ3) is 3.55. The molecule has 7 nitrogen and oxygen atoms in total. The molecule has 21 heavy (non-hydrogen) atoms. The summed E-state index contributed by atoms with van der Waals surface area (Å²) in [6.45, 7) is -1.55. The van der Waals surface area contributed by atoms with Crippen molar-refractivity contribution < 1.29 is 22.3 Å². The fourth-order valence-corrected chi connectivity index (χ4v) is 1.24. The van der Waals surface area contributed by atoms with Crippen LogP contribution in [0.15, 0.2) is 18.5 Å². The number of hydrogen-bond donors (Lipinski definition) is 1. The first-order valence-electron chi connectivity index (χ1n) is 5.65. The molecule has 0 amide bonds. The lowest BCUT2D eigenvalue weighted by molar-refractivity contribution is -0.149. The van der Waals surface area contributed by atoms with E-state index in [2.05, 4.69) is 30.1 Å². The maximum Gasteiger partial charge on any atom is 0.340 e. The van der Waals surface area contributed by atoms with E-state index in [1.165, 1.54) is 24.1 Å². The van der Waals surface area contributed by atoms with E-state index >= 15 is 0 Å². The van der Waals surface area contributed by atoms with Gasteiger partial charge in [0.15, 0.2) is 6.61 Å². The molecule has 114 valence electrons. The zero-order valence-electron chi connectivity index (χ0n) is 10.7. The number of nitrogens with one attached hydrogen (secondary N) is 1. The van der Waals surface area contributed by atoms with E-state index in [1.807, 2.05) is 0 Å². The highest BCUT2D eigenvalue weighted by molar-refractivity contribution is 5.29. The van der Waals surface area contributed by atoms with Crippen molar-refractivity contribution in [3.63, 3.8) is 0 Å². The van der Waals surface area contributed by atoms with E-state index in [4.69, 9.17) is 0 Å². The zero-order valence-corrected chi connectivity index (χ0v) is 10.7. The lowest BCUT2D eigenvalue weighted by Gasteiger charge is -2.15. The summed E-state index contributed by atoms with van der Waals surface area (Å²) in [6.07, 6.45) is -0.880. The Balaban J connectivity index is 2.22. The predicted molar refractivity (Wildman–Crippen MR) is 62.9 cm³/mol. The summed E-state index contributed by atoms with van der Waals surface area (Å²) in [5.41, 5.74) is 0. The molecular formula is C10H10F4N6O. The molecule has 0 aromatic carbocycles. The SMILES string of the molecule is CNc1nc(OCC(F)(F)C(F)F)nc(-n2cccn2)n1. The summed E-state index contributed by atoms with van der Waals surface area (Å²) >= 11 is 0. The van der Waals surface area contributed by atoms with Gasteiger partial charge in [-0.25, -0.2) is 13.5 Å². The van der Waals surface area contributed by atoms with Crippen molar-refractivity contribution in [1.82, 2.24) is 24.7 Å². The van der Waals surface area contributed by atoms with Crippen molar-refractivity contribution in [2.75, 3.05) is 19.0 Å². The van der Waals surface area contributed by atoms with Gasteiger partial charge in [0.2, 0.25) is 5.95 Å². The number of rotatable bonds is 6. The highest BCUT2D eigenvalue weighted by atomic mass is 19.3. The van der Waals surface area contributed by atoms with E-state index in [-0.39, 0.29) is 11.9 Å². The summed E-state index contributed by atoms with van der Waals surface area (Å²) in [6, 6.07) is 1.08. The second-order valence-electron chi connectivity index (χ2n) is 3.79. The molecule has 1 N–H and O–H groups in total. The lowest BCUT2D eigenvalue weighted by atomic mass is 10.4. The minimum atomic E-state index is -4.29. The van der Waals surface area contributed by atoms with Gasteiger partial charge in [-0.2, -0.15) is 28.8 Å². The number of halogens is 4. The third-order valence-corrected chi connectivity index (χ3v) is 2.25. The molecule has 0 aliphatic heterocycles. The van der Waals surface area contributed by atoms with Crippen molar-refractivity contribution in [3.8, 4) is 12.0 Å².